The molecule has 1 aliphatic heterocycles. The normalized spacial score (nSPS) is 22.2. The van der Waals surface area contributed by atoms with Crippen LogP contribution in [0, 0.1) is 0 Å². The standard InChI is InChI=1S/C16H25NO2/c1-4-14(13-8-5-6-9-16(13)18-3)17-12(2)15-10-7-11-19-15/h5-6,8-9,12,14-15,17H,4,7,10-11H2,1-3H3. The zero-order valence-electron chi connectivity index (χ0n) is 12.2. The van der Waals surface area contributed by atoms with Gasteiger partial charge in [-0.05, 0) is 32.3 Å². The molecule has 0 spiro atoms. The monoisotopic (exact) mass is 263 g/mol. The minimum Gasteiger partial charge on any atom is -0.496 e. The van der Waals surface area contributed by atoms with Crippen LogP contribution in [0.4, 0.5) is 0 Å². The van der Waals surface area contributed by atoms with Crippen LogP contribution >= 0.6 is 0 Å². The second kappa shape index (κ2) is 6.92. The number of benzene rings is 1. The lowest BCUT2D eigenvalue weighted by Gasteiger charge is -2.27. The molecule has 1 heterocycles. The van der Waals surface area contributed by atoms with Crippen molar-refractivity contribution in [3.05, 3.63) is 29.8 Å². The SMILES string of the molecule is CCC(NC(C)C1CCCO1)c1ccccc1OC. The summed E-state index contributed by atoms with van der Waals surface area (Å²) in [5, 5.41) is 3.69. The minimum absolute atomic E-state index is 0.315. The Kier molecular flexibility index (Phi) is 5.23. The van der Waals surface area contributed by atoms with Gasteiger partial charge >= 0.3 is 0 Å². The Bertz CT molecular complexity index is 388. The maximum atomic E-state index is 5.76. The van der Waals surface area contributed by atoms with Gasteiger partial charge in [0.2, 0.25) is 0 Å². The summed E-state index contributed by atoms with van der Waals surface area (Å²) < 4.78 is 11.2. The van der Waals surface area contributed by atoms with Crippen molar-refractivity contribution in [3.8, 4) is 5.75 Å². The molecule has 0 saturated carbocycles. The predicted molar refractivity (Wildman–Crippen MR) is 77.6 cm³/mol. The van der Waals surface area contributed by atoms with Crippen LogP contribution in [-0.4, -0.2) is 25.9 Å². The molecular formula is C16H25NO2. The Labute approximate surface area is 116 Å². The fourth-order valence-electron chi connectivity index (χ4n) is 2.80. The molecule has 0 radical (unpaired) electrons. The predicted octanol–water partition coefficient (Wildman–Crippen LogP) is 3.30. The lowest BCUT2D eigenvalue weighted by atomic mass is 10.0. The number of hydrogen-bond acceptors (Lipinski definition) is 3. The van der Waals surface area contributed by atoms with E-state index < -0.39 is 0 Å². The second-order valence-corrected chi connectivity index (χ2v) is 5.21. The molecule has 106 valence electrons. The van der Waals surface area contributed by atoms with Crippen molar-refractivity contribution >= 4 is 0 Å². The third-order valence-corrected chi connectivity index (χ3v) is 3.91. The van der Waals surface area contributed by atoms with Crippen LogP contribution in [-0.2, 0) is 4.74 Å². The maximum Gasteiger partial charge on any atom is 0.123 e. The van der Waals surface area contributed by atoms with Gasteiger partial charge < -0.3 is 14.8 Å². The van der Waals surface area contributed by atoms with E-state index in [1.807, 2.05) is 12.1 Å². The van der Waals surface area contributed by atoms with Gasteiger partial charge in [0.15, 0.2) is 0 Å². The summed E-state index contributed by atoms with van der Waals surface area (Å²) in [6.45, 7) is 5.32. The molecule has 3 atom stereocenters. The van der Waals surface area contributed by atoms with Crippen LogP contribution < -0.4 is 10.1 Å². The van der Waals surface area contributed by atoms with Crippen molar-refractivity contribution in [1.29, 1.82) is 0 Å². The van der Waals surface area contributed by atoms with Crippen LogP contribution in [0.5, 0.6) is 5.75 Å². The van der Waals surface area contributed by atoms with Crippen LogP contribution in [0.2, 0.25) is 0 Å². The molecule has 1 aliphatic rings. The summed E-state index contributed by atoms with van der Waals surface area (Å²) in [5.74, 6) is 0.960. The first-order chi connectivity index (χ1) is 9.26. The van der Waals surface area contributed by atoms with Crippen LogP contribution in [0.15, 0.2) is 24.3 Å². The first-order valence-electron chi connectivity index (χ1n) is 7.26. The van der Waals surface area contributed by atoms with E-state index in [1.165, 1.54) is 12.0 Å². The van der Waals surface area contributed by atoms with Crippen molar-refractivity contribution < 1.29 is 9.47 Å². The highest BCUT2D eigenvalue weighted by atomic mass is 16.5. The maximum absolute atomic E-state index is 5.76. The summed E-state index contributed by atoms with van der Waals surface area (Å²) in [7, 11) is 1.73. The highest BCUT2D eigenvalue weighted by Crippen LogP contribution is 2.28. The molecule has 3 heteroatoms. The summed E-state index contributed by atoms with van der Waals surface area (Å²) in [6, 6.07) is 8.93. The third-order valence-electron chi connectivity index (χ3n) is 3.91. The lowest BCUT2D eigenvalue weighted by molar-refractivity contribution is 0.0793. The molecular weight excluding hydrogens is 238 g/mol. The van der Waals surface area contributed by atoms with Gasteiger partial charge in [0.1, 0.15) is 5.75 Å². The van der Waals surface area contributed by atoms with Crippen LogP contribution in [0.25, 0.3) is 0 Å². The van der Waals surface area contributed by atoms with Gasteiger partial charge in [-0.3, -0.25) is 0 Å². The Morgan fingerprint density at radius 2 is 2.21 bits per heavy atom. The zero-order chi connectivity index (χ0) is 13.7. The molecule has 2 rings (SSSR count). The van der Waals surface area contributed by atoms with Crippen molar-refractivity contribution in [2.45, 2.75) is 51.3 Å². The fourth-order valence-corrected chi connectivity index (χ4v) is 2.80. The van der Waals surface area contributed by atoms with Gasteiger partial charge in [0.25, 0.3) is 0 Å². The Morgan fingerprint density at radius 3 is 2.84 bits per heavy atom. The Morgan fingerprint density at radius 1 is 1.42 bits per heavy atom. The topological polar surface area (TPSA) is 30.5 Å². The molecule has 3 nitrogen and oxygen atoms in total. The minimum atomic E-state index is 0.315. The average Bonchev–Trinajstić information content (AvgIpc) is 2.98. The average molecular weight is 263 g/mol. The zero-order valence-corrected chi connectivity index (χ0v) is 12.2. The highest BCUT2D eigenvalue weighted by molar-refractivity contribution is 5.35. The number of rotatable bonds is 6. The number of methoxy groups -OCH3 is 1. The van der Waals surface area contributed by atoms with E-state index in [2.05, 4.69) is 31.3 Å². The van der Waals surface area contributed by atoms with Crippen LogP contribution in [0.1, 0.15) is 44.7 Å². The first kappa shape index (κ1) is 14.4. The third kappa shape index (κ3) is 3.48. The summed E-state index contributed by atoms with van der Waals surface area (Å²) >= 11 is 0. The van der Waals surface area contributed by atoms with Gasteiger partial charge in [-0.2, -0.15) is 0 Å². The number of hydrogen-bond donors (Lipinski definition) is 1. The van der Waals surface area contributed by atoms with Gasteiger partial charge in [-0.15, -0.1) is 0 Å². The molecule has 1 saturated heterocycles. The molecule has 1 aromatic rings. The van der Waals surface area contributed by atoms with Gasteiger partial charge in [-0.25, -0.2) is 0 Å². The van der Waals surface area contributed by atoms with E-state index in [0.717, 1.165) is 25.2 Å². The molecule has 1 N–H and O–H groups in total. The van der Waals surface area contributed by atoms with Crippen molar-refractivity contribution in [2.75, 3.05) is 13.7 Å². The van der Waals surface area contributed by atoms with Crippen molar-refractivity contribution in [3.63, 3.8) is 0 Å². The smallest absolute Gasteiger partial charge is 0.123 e. The quantitative estimate of drug-likeness (QED) is 0.854. The molecule has 0 aromatic heterocycles. The second-order valence-electron chi connectivity index (χ2n) is 5.21. The van der Waals surface area contributed by atoms with Gasteiger partial charge in [-0.1, -0.05) is 25.1 Å². The van der Waals surface area contributed by atoms with Crippen molar-refractivity contribution in [1.82, 2.24) is 5.32 Å². The Hall–Kier alpha value is -1.06. The van der Waals surface area contributed by atoms with Crippen LogP contribution in [0.3, 0.4) is 0 Å². The van der Waals surface area contributed by atoms with E-state index in [4.69, 9.17) is 9.47 Å². The van der Waals surface area contributed by atoms with Gasteiger partial charge in [0, 0.05) is 24.3 Å². The molecule has 3 unspecified atom stereocenters. The first-order valence-corrected chi connectivity index (χ1v) is 7.26. The highest BCUT2D eigenvalue weighted by Gasteiger charge is 2.25. The molecule has 1 aromatic carbocycles. The molecule has 19 heavy (non-hydrogen) atoms. The van der Waals surface area contributed by atoms with Crippen molar-refractivity contribution in [2.24, 2.45) is 0 Å². The van der Waals surface area contributed by atoms with E-state index in [0.29, 0.717) is 18.2 Å². The number of nitrogens with one attached hydrogen (secondary N) is 1. The van der Waals surface area contributed by atoms with E-state index in [9.17, 15) is 0 Å². The Balaban J connectivity index is 2.06. The molecule has 0 bridgehead atoms. The largest absolute Gasteiger partial charge is 0.496 e. The van der Waals surface area contributed by atoms with E-state index in [-0.39, 0.29) is 0 Å². The number of ether oxygens (including phenoxy) is 2. The lowest BCUT2D eigenvalue weighted by Crippen LogP contribution is -2.39. The van der Waals surface area contributed by atoms with Gasteiger partial charge in [0.05, 0.1) is 13.2 Å². The van der Waals surface area contributed by atoms with E-state index in [1.54, 1.807) is 7.11 Å². The molecule has 1 fully saturated rings. The molecule has 0 aliphatic carbocycles. The summed E-state index contributed by atoms with van der Waals surface area (Å²) in [4.78, 5) is 0. The fraction of sp³-hybridized carbons (Fsp3) is 0.625. The number of para-hydroxylation sites is 1. The summed E-state index contributed by atoms with van der Waals surface area (Å²) in [5.41, 5.74) is 1.23. The molecule has 0 amide bonds. The summed E-state index contributed by atoms with van der Waals surface area (Å²) in [6.07, 6.45) is 3.74. The van der Waals surface area contributed by atoms with E-state index >= 15 is 0 Å².